The minimum absolute atomic E-state index is 0.232. The molecule has 0 atom stereocenters. The second-order valence-corrected chi connectivity index (χ2v) is 5.70. The third kappa shape index (κ3) is 5.13. The van der Waals surface area contributed by atoms with Crippen LogP contribution in [0.3, 0.4) is 0 Å². The maximum atomic E-state index is 13.8. The summed E-state index contributed by atoms with van der Waals surface area (Å²) >= 11 is 0. The Kier molecular flexibility index (Phi) is 6.27. The molecular weight excluding hydrogens is 402 g/mol. The van der Waals surface area contributed by atoms with Crippen molar-refractivity contribution in [1.82, 2.24) is 15.4 Å². The second kappa shape index (κ2) is 9.23. The number of anilines is 3. The van der Waals surface area contributed by atoms with Crippen LogP contribution in [0.1, 0.15) is 0 Å². The number of amides is 1. The van der Waals surface area contributed by atoms with Crippen molar-refractivity contribution in [3.05, 3.63) is 76.6 Å². The molecule has 0 saturated carbocycles. The number of para-hydroxylation sites is 1. The molecule has 0 fully saturated rings. The maximum Gasteiger partial charge on any atom is 0.355 e. The van der Waals surface area contributed by atoms with Crippen molar-refractivity contribution in [2.24, 2.45) is 0 Å². The van der Waals surface area contributed by atoms with E-state index in [1.807, 2.05) is 0 Å². The van der Waals surface area contributed by atoms with Crippen LogP contribution >= 0.6 is 0 Å². The van der Waals surface area contributed by atoms with Crippen LogP contribution in [0.15, 0.2) is 54.9 Å². The average Bonchev–Trinajstić information content (AvgIpc) is 2.73. The van der Waals surface area contributed by atoms with Gasteiger partial charge in [-0.2, -0.15) is 0 Å². The van der Waals surface area contributed by atoms with Crippen molar-refractivity contribution >= 4 is 28.9 Å². The van der Waals surface area contributed by atoms with Gasteiger partial charge in [0.2, 0.25) is 11.6 Å². The monoisotopic (exact) mass is 416 g/mol. The molecule has 10 nitrogen and oxygen atoms in total. The number of carbonyl (C=O) groups is 1. The predicted octanol–water partition coefficient (Wildman–Crippen LogP) is 2.93. The van der Waals surface area contributed by atoms with Crippen LogP contribution in [0, 0.1) is 21.7 Å². The summed E-state index contributed by atoms with van der Waals surface area (Å²) < 4.78 is 32.1. The van der Waals surface area contributed by atoms with Gasteiger partial charge in [-0.25, -0.2) is 18.7 Å². The molecule has 3 aromatic rings. The van der Waals surface area contributed by atoms with E-state index < -0.39 is 28.2 Å². The summed E-state index contributed by atoms with van der Waals surface area (Å²) in [5.41, 5.74) is 3.64. The maximum absolute atomic E-state index is 13.8. The Hall–Kier alpha value is -4.35. The van der Waals surface area contributed by atoms with Gasteiger partial charge in [-0.05, 0) is 24.3 Å². The number of rotatable bonds is 8. The summed E-state index contributed by atoms with van der Waals surface area (Å²) in [6.07, 6.45) is 0.964. The number of hydrogen-bond donors (Lipinski definition) is 3. The molecule has 0 spiro atoms. The van der Waals surface area contributed by atoms with Crippen molar-refractivity contribution in [3.63, 3.8) is 0 Å². The van der Waals surface area contributed by atoms with Gasteiger partial charge >= 0.3 is 5.69 Å². The van der Waals surface area contributed by atoms with E-state index in [1.165, 1.54) is 0 Å². The van der Waals surface area contributed by atoms with Crippen molar-refractivity contribution in [2.45, 2.75) is 0 Å². The number of nitrogens with one attached hydrogen (secondary N) is 3. The van der Waals surface area contributed by atoms with Gasteiger partial charge in [0.15, 0.2) is 6.61 Å². The van der Waals surface area contributed by atoms with Gasteiger partial charge in [0.05, 0.1) is 10.6 Å². The van der Waals surface area contributed by atoms with E-state index in [-0.39, 0.29) is 23.9 Å². The molecule has 3 N–H and O–H groups in total. The fraction of sp³-hybridized carbons (Fsp3) is 0.0556. The summed E-state index contributed by atoms with van der Waals surface area (Å²) in [5, 5.41) is 13.9. The fourth-order valence-electron chi connectivity index (χ4n) is 2.28. The molecule has 1 aromatic heterocycles. The van der Waals surface area contributed by atoms with Crippen LogP contribution < -0.4 is 20.9 Å². The molecule has 0 radical (unpaired) electrons. The smallest absolute Gasteiger partial charge is 0.355 e. The molecule has 12 heteroatoms. The zero-order valence-corrected chi connectivity index (χ0v) is 15.1. The van der Waals surface area contributed by atoms with Gasteiger partial charge in [0.1, 0.15) is 23.7 Å². The van der Waals surface area contributed by atoms with Crippen LogP contribution in [0.4, 0.5) is 31.8 Å². The molecule has 3 rings (SSSR count). The standard InChI is InChI=1S/C18H14F2N6O4/c19-11-6-7-14(13(20)8-11)23-17-16(26(28)29)18(22-10-21-17)25-24-15(27)9-30-12-4-2-1-3-5-12/h1-8,10H,9H2,(H,24,27)(H2,21,22,23,25). The number of ether oxygens (including phenoxy) is 1. The Morgan fingerprint density at radius 1 is 1.10 bits per heavy atom. The first kappa shape index (κ1) is 20.4. The molecule has 1 amide bonds. The van der Waals surface area contributed by atoms with Gasteiger partial charge < -0.3 is 10.1 Å². The number of halogens is 2. The third-order valence-corrected chi connectivity index (χ3v) is 3.62. The van der Waals surface area contributed by atoms with Crippen LogP contribution in [0.2, 0.25) is 0 Å². The molecule has 1 heterocycles. The molecule has 2 aromatic carbocycles. The second-order valence-electron chi connectivity index (χ2n) is 5.70. The van der Waals surface area contributed by atoms with Crippen molar-refractivity contribution in [3.8, 4) is 5.75 Å². The lowest BCUT2D eigenvalue weighted by Crippen LogP contribution is -2.34. The summed E-state index contributed by atoms with van der Waals surface area (Å²) in [7, 11) is 0. The number of nitrogens with zero attached hydrogens (tertiary/aromatic N) is 3. The first-order valence-electron chi connectivity index (χ1n) is 8.38. The lowest BCUT2D eigenvalue weighted by Gasteiger charge is -2.11. The Morgan fingerprint density at radius 2 is 1.83 bits per heavy atom. The Labute approximate surface area is 168 Å². The van der Waals surface area contributed by atoms with Crippen LogP contribution in [0.5, 0.6) is 5.75 Å². The van der Waals surface area contributed by atoms with E-state index >= 15 is 0 Å². The van der Waals surface area contributed by atoms with Crippen LogP contribution in [-0.4, -0.2) is 27.4 Å². The zero-order chi connectivity index (χ0) is 21.5. The topological polar surface area (TPSA) is 131 Å². The molecule has 0 saturated heterocycles. The average molecular weight is 416 g/mol. The molecule has 30 heavy (non-hydrogen) atoms. The number of hydrogen-bond acceptors (Lipinski definition) is 8. The molecule has 0 unspecified atom stereocenters. The lowest BCUT2D eigenvalue weighted by molar-refractivity contribution is -0.383. The lowest BCUT2D eigenvalue weighted by atomic mass is 10.3. The van der Waals surface area contributed by atoms with E-state index in [0.29, 0.717) is 11.8 Å². The highest BCUT2D eigenvalue weighted by Crippen LogP contribution is 2.31. The van der Waals surface area contributed by atoms with E-state index in [0.717, 1.165) is 18.5 Å². The summed E-state index contributed by atoms with van der Waals surface area (Å²) in [6, 6.07) is 11.2. The number of aromatic nitrogens is 2. The predicted molar refractivity (Wildman–Crippen MR) is 102 cm³/mol. The number of benzene rings is 2. The van der Waals surface area contributed by atoms with E-state index in [9.17, 15) is 23.7 Å². The van der Waals surface area contributed by atoms with E-state index in [2.05, 4.69) is 26.1 Å². The van der Waals surface area contributed by atoms with E-state index in [4.69, 9.17) is 4.74 Å². The molecule has 0 aliphatic heterocycles. The molecule has 154 valence electrons. The quantitative estimate of drug-likeness (QED) is 0.377. The van der Waals surface area contributed by atoms with Gasteiger partial charge in [0.25, 0.3) is 5.91 Å². The number of nitro groups is 1. The Bertz CT molecular complexity index is 1070. The van der Waals surface area contributed by atoms with Gasteiger partial charge in [-0.15, -0.1) is 0 Å². The fourth-order valence-corrected chi connectivity index (χ4v) is 2.28. The normalized spacial score (nSPS) is 10.2. The highest BCUT2D eigenvalue weighted by molar-refractivity contribution is 5.80. The molecule has 0 aliphatic carbocycles. The largest absolute Gasteiger partial charge is 0.484 e. The van der Waals surface area contributed by atoms with Gasteiger partial charge in [-0.3, -0.25) is 25.8 Å². The van der Waals surface area contributed by atoms with Crippen molar-refractivity contribution in [2.75, 3.05) is 17.3 Å². The minimum Gasteiger partial charge on any atom is -0.484 e. The van der Waals surface area contributed by atoms with Crippen LogP contribution in [-0.2, 0) is 4.79 Å². The Morgan fingerprint density at radius 3 is 2.53 bits per heavy atom. The SMILES string of the molecule is O=C(COc1ccccc1)NNc1ncnc(Nc2ccc(F)cc2F)c1[N+](=O)[O-]. The summed E-state index contributed by atoms with van der Waals surface area (Å²) in [4.78, 5) is 30.0. The molecular formula is C18H14F2N6O4. The van der Waals surface area contributed by atoms with Crippen molar-refractivity contribution in [1.29, 1.82) is 0 Å². The van der Waals surface area contributed by atoms with Gasteiger partial charge in [0, 0.05) is 6.07 Å². The molecule has 0 bridgehead atoms. The summed E-state index contributed by atoms with van der Waals surface area (Å²) in [5.74, 6) is -2.66. The summed E-state index contributed by atoms with van der Waals surface area (Å²) in [6.45, 7) is -0.359. The number of carbonyl (C=O) groups excluding carboxylic acids is 1. The van der Waals surface area contributed by atoms with Gasteiger partial charge in [-0.1, -0.05) is 18.2 Å². The molecule has 0 aliphatic rings. The van der Waals surface area contributed by atoms with E-state index in [1.54, 1.807) is 30.3 Å². The first-order chi connectivity index (χ1) is 14.4. The third-order valence-electron chi connectivity index (χ3n) is 3.62. The highest BCUT2D eigenvalue weighted by Gasteiger charge is 2.24. The zero-order valence-electron chi connectivity index (χ0n) is 15.1. The number of hydrazine groups is 1. The van der Waals surface area contributed by atoms with Crippen LogP contribution in [0.25, 0.3) is 0 Å². The Balaban J connectivity index is 1.71. The highest BCUT2D eigenvalue weighted by atomic mass is 19.1. The minimum atomic E-state index is -0.969. The van der Waals surface area contributed by atoms with Crippen molar-refractivity contribution < 1.29 is 23.2 Å². The first-order valence-corrected chi connectivity index (χ1v) is 8.38.